The molecule has 39 heavy (non-hydrogen) atoms. The lowest BCUT2D eigenvalue weighted by molar-refractivity contribution is -0.137. The Kier molecular flexibility index (Phi) is 8.11. The van der Waals surface area contributed by atoms with E-state index in [4.69, 9.17) is 26.8 Å². The van der Waals surface area contributed by atoms with Gasteiger partial charge >= 0.3 is 6.18 Å². The third-order valence-electron chi connectivity index (χ3n) is 5.98. The molecule has 0 aliphatic carbocycles. The molecule has 1 fully saturated rings. The molecule has 5 N–H and O–H groups in total. The minimum absolute atomic E-state index is 0.0479. The summed E-state index contributed by atoms with van der Waals surface area (Å²) in [6, 6.07) is 6.34. The number of anilines is 3. The fourth-order valence-electron chi connectivity index (χ4n) is 3.92. The quantitative estimate of drug-likeness (QED) is 0.325. The zero-order valence-corrected chi connectivity index (χ0v) is 21.3. The largest absolute Gasteiger partial charge is 0.497 e. The monoisotopic (exact) mass is 564 g/mol. The molecule has 3 aromatic rings. The maximum absolute atomic E-state index is 13.5. The minimum atomic E-state index is -4.63. The summed E-state index contributed by atoms with van der Waals surface area (Å²) in [5.74, 6) is -1.00. The standard InChI is InChI=1S/C25H24ClF3N6O4/c1-38-17-2-3-20(18(8-17)25(27,28)29)34-16-7-19(26)21(32-11-16)12-33-23(37)24(4-5-39-13-24)35-22(36)14-6-15(30)10-31-9-14/h2-3,6-11,34H,4-5,12-13,30H2,1H3,(H,33,37)(H,35,36)/t24-/m0/s1. The lowest BCUT2D eigenvalue weighted by atomic mass is 9.96. The molecule has 10 nitrogen and oxygen atoms in total. The molecule has 2 aromatic heterocycles. The average molecular weight is 565 g/mol. The van der Waals surface area contributed by atoms with Crippen LogP contribution in [-0.2, 0) is 22.3 Å². The predicted octanol–water partition coefficient (Wildman–Crippen LogP) is 3.69. The van der Waals surface area contributed by atoms with Crippen molar-refractivity contribution in [3.8, 4) is 5.75 Å². The van der Waals surface area contributed by atoms with E-state index in [0.717, 1.165) is 6.07 Å². The van der Waals surface area contributed by atoms with E-state index in [2.05, 4.69) is 25.9 Å². The number of carbonyl (C=O) groups is 2. The van der Waals surface area contributed by atoms with Crippen LogP contribution in [0.1, 0.15) is 28.0 Å². The van der Waals surface area contributed by atoms with E-state index in [1.165, 1.54) is 50.0 Å². The van der Waals surface area contributed by atoms with Crippen molar-refractivity contribution in [2.75, 3.05) is 31.4 Å². The van der Waals surface area contributed by atoms with Gasteiger partial charge in [0, 0.05) is 25.4 Å². The highest BCUT2D eigenvalue weighted by molar-refractivity contribution is 6.31. The molecule has 0 bridgehead atoms. The third-order valence-corrected chi connectivity index (χ3v) is 6.30. The van der Waals surface area contributed by atoms with E-state index in [9.17, 15) is 22.8 Å². The highest BCUT2D eigenvalue weighted by Crippen LogP contribution is 2.38. The summed E-state index contributed by atoms with van der Waals surface area (Å²) in [6.45, 7) is 0.104. The smallest absolute Gasteiger partial charge is 0.418 e. The van der Waals surface area contributed by atoms with Gasteiger partial charge in [-0.25, -0.2) is 0 Å². The Bertz CT molecular complexity index is 1380. The van der Waals surface area contributed by atoms with Crippen molar-refractivity contribution in [2.24, 2.45) is 0 Å². The Morgan fingerprint density at radius 1 is 1.21 bits per heavy atom. The van der Waals surface area contributed by atoms with Crippen molar-refractivity contribution < 1.29 is 32.2 Å². The zero-order chi connectivity index (χ0) is 28.2. The maximum Gasteiger partial charge on any atom is 0.418 e. The van der Waals surface area contributed by atoms with E-state index in [-0.39, 0.29) is 59.6 Å². The van der Waals surface area contributed by atoms with Gasteiger partial charge < -0.3 is 31.2 Å². The molecule has 4 rings (SSSR count). The summed E-state index contributed by atoms with van der Waals surface area (Å²) in [5.41, 5.74) is 4.17. The molecule has 1 atom stereocenters. The number of ether oxygens (including phenoxy) is 2. The molecule has 1 aliphatic heterocycles. The van der Waals surface area contributed by atoms with Gasteiger partial charge in [-0.1, -0.05) is 11.6 Å². The Hall–Kier alpha value is -4.10. The summed E-state index contributed by atoms with van der Waals surface area (Å²) in [4.78, 5) is 33.9. The molecule has 14 heteroatoms. The van der Waals surface area contributed by atoms with Crippen LogP contribution in [0.15, 0.2) is 48.9 Å². The number of nitrogens with one attached hydrogen (secondary N) is 3. The Labute approximate surface area is 226 Å². The van der Waals surface area contributed by atoms with Crippen molar-refractivity contribution in [1.29, 1.82) is 0 Å². The van der Waals surface area contributed by atoms with Crippen molar-refractivity contribution >= 4 is 40.5 Å². The number of amides is 2. The van der Waals surface area contributed by atoms with Gasteiger partial charge in [0.15, 0.2) is 0 Å². The molecule has 1 aliphatic rings. The van der Waals surface area contributed by atoms with E-state index < -0.39 is 29.1 Å². The molecule has 3 heterocycles. The van der Waals surface area contributed by atoms with E-state index in [0.29, 0.717) is 5.69 Å². The Morgan fingerprint density at radius 3 is 2.64 bits per heavy atom. The molecule has 1 saturated heterocycles. The molecule has 0 spiro atoms. The van der Waals surface area contributed by atoms with Crippen LogP contribution in [-0.4, -0.2) is 47.6 Å². The highest BCUT2D eigenvalue weighted by Gasteiger charge is 2.44. The number of halogens is 4. The molecule has 2 amide bonds. The van der Waals surface area contributed by atoms with Crippen molar-refractivity contribution in [3.05, 3.63) is 70.8 Å². The summed E-state index contributed by atoms with van der Waals surface area (Å²) in [6.07, 6.45) is -0.385. The Morgan fingerprint density at radius 2 is 2.00 bits per heavy atom. The number of benzene rings is 1. The third kappa shape index (κ3) is 6.49. The lowest BCUT2D eigenvalue weighted by Gasteiger charge is -2.27. The number of nitrogen functional groups attached to an aromatic ring is 1. The van der Waals surface area contributed by atoms with Gasteiger partial charge in [-0.2, -0.15) is 13.2 Å². The van der Waals surface area contributed by atoms with Crippen molar-refractivity contribution in [3.63, 3.8) is 0 Å². The van der Waals surface area contributed by atoms with Crippen molar-refractivity contribution in [2.45, 2.75) is 24.7 Å². The number of nitrogens with zero attached hydrogens (tertiary/aromatic N) is 2. The maximum atomic E-state index is 13.5. The predicted molar refractivity (Wildman–Crippen MR) is 137 cm³/mol. The van der Waals surface area contributed by atoms with Crippen LogP contribution in [0.3, 0.4) is 0 Å². The highest BCUT2D eigenvalue weighted by atomic mass is 35.5. The van der Waals surface area contributed by atoms with Gasteiger partial charge in [0.05, 0.1) is 65.4 Å². The summed E-state index contributed by atoms with van der Waals surface area (Å²) >= 11 is 6.32. The number of aromatic nitrogens is 2. The first-order valence-electron chi connectivity index (χ1n) is 11.6. The van der Waals surface area contributed by atoms with Crippen LogP contribution in [0.25, 0.3) is 0 Å². The number of pyridine rings is 2. The van der Waals surface area contributed by atoms with Crippen LogP contribution < -0.4 is 26.4 Å². The number of rotatable bonds is 8. The number of carbonyl (C=O) groups excluding carboxylic acids is 2. The van der Waals surface area contributed by atoms with Gasteiger partial charge in [-0.05, 0) is 30.3 Å². The molecule has 1 aromatic carbocycles. The molecule has 0 radical (unpaired) electrons. The fraction of sp³-hybridized carbons (Fsp3) is 0.280. The first-order valence-corrected chi connectivity index (χ1v) is 11.9. The van der Waals surface area contributed by atoms with E-state index in [1.54, 1.807) is 0 Å². The van der Waals surface area contributed by atoms with Crippen LogP contribution in [0, 0.1) is 0 Å². The zero-order valence-electron chi connectivity index (χ0n) is 20.6. The normalized spacial score (nSPS) is 16.9. The van der Waals surface area contributed by atoms with E-state index in [1.807, 2.05) is 0 Å². The second kappa shape index (κ2) is 11.3. The summed E-state index contributed by atoms with van der Waals surface area (Å²) in [7, 11) is 1.27. The number of hydrogen-bond donors (Lipinski definition) is 4. The topological polar surface area (TPSA) is 140 Å². The van der Waals surface area contributed by atoms with Crippen LogP contribution in [0.2, 0.25) is 5.02 Å². The second-order valence-electron chi connectivity index (χ2n) is 8.72. The number of alkyl halides is 3. The van der Waals surface area contributed by atoms with Gasteiger partial charge in [-0.3, -0.25) is 19.6 Å². The molecule has 206 valence electrons. The molecular weight excluding hydrogens is 541 g/mol. The molecular formula is C25H24ClF3N6O4. The number of methoxy groups -OCH3 is 1. The van der Waals surface area contributed by atoms with Gasteiger partial charge in [0.2, 0.25) is 5.91 Å². The van der Waals surface area contributed by atoms with Crippen LogP contribution in [0.4, 0.5) is 30.2 Å². The second-order valence-corrected chi connectivity index (χ2v) is 9.12. The van der Waals surface area contributed by atoms with Crippen LogP contribution in [0.5, 0.6) is 5.75 Å². The van der Waals surface area contributed by atoms with Crippen molar-refractivity contribution in [1.82, 2.24) is 20.6 Å². The fourth-order valence-corrected chi connectivity index (χ4v) is 4.15. The SMILES string of the molecule is COc1ccc(Nc2cnc(CNC(=O)[C@]3(NC(=O)c4cncc(N)c4)CCOC3)c(Cl)c2)c(C(F)(F)F)c1. The first-order chi connectivity index (χ1) is 18.5. The average Bonchev–Trinajstić information content (AvgIpc) is 3.37. The number of nitrogens with two attached hydrogens (primary N) is 1. The van der Waals surface area contributed by atoms with Gasteiger partial charge in [0.1, 0.15) is 11.3 Å². The van der Waals surface area contributed by atoms with Gasteiger partial charge in [0.25, 0.3) is 5.91 Å². The first kappa shape index (κ1) is 27.9. The summed E-state index contributed by atoms with van der Waals surface area (Å²) < 4.78 is 50.8. The van der Waals surface area contributed by atoms with Crippen LogP contribution >= 0.6 is 11.6 Å². The molecule has 0 saturated carbocycles. The number of hydrogen-bond acceptors (Lipinski definition) is 8. The lowest BCUT2D eigenvalue weighted by Crippen LogP contribution is -2.59. The Balaban J connectivity index is 1.45. The van der Waals surface area contributed by atoms with Gasteiger partial charge in [-0.15, -0.1) is 0 Å². The summed E-state index contributed by atoms with van der Waals surface area (Å²) in [5, 5.41) is 8.18. The molecule has 0 unspecified atom stereocenters. The minimum Gasteiger partial charge on any atom is -0.497 e. The van der Waals surface area contributed by atoms with E-state index >= 15 is 0 Å².